The van der Waals surface area contributed by atoms with E-state index in [4.69, 9.17) is 6.42 Å². The maximum atomic E-state index is 12.1. The molecule has 1 atom stereocenters. The van der Waals surface area contributed by atoms with Gasteiger partial charge < -0.3 is 5.11 Å². The Balaban J connectivity index is 2.18. The molecule has 1 unspecified atom stereocenters. The maximum absolute atomic E-state index is 12.1. The Hall–Kier alpha value is -2.37. The molecule has 2 nitrogen and oxygen atoms in total. The fourth-order valence-corrected chi connectivity index (χ4v) is 1.85. The molecule has 0 saturated carbocycles. The molecule has 2 aromatic rings. The quantitative estimate of drug-likeness (QED) is 0.669. The summed E-state index contributed by atoms with van der Waals surface area (Å²) in [6, 6.07) is 15.9. The van der Waals surface area contributed by atoms with Gasteiger partial charge in [-0.3, -0.25) is 4.79 Å². The molecule has 0 bridgehead atoms. The van der Waals surface area contributed by atoms with Crippen molar-refractivity contribution in [2.45, 2.75) is 12.5 Å². The zero-order valence-corrected chi connectivity index (χ0v) is 10.4. The van der Waals surface area contributed by atoms with Crippen molar-refractivity contribution in [1.82, 2.24) is 0 Å². The molecular weight excluding hydrogens is 236 g/mol. The maximum Gasteiger partial charge on any atom is 0.195 e. The SMILES string of the molecule is C#CCc1ccc(C(O)C(=O)c2ccccc2)cc1. The van der Waals surface area contributed by atoms with Gasteiger partial charge in [0.1, 0.15) is 6.10 Å². The number of Topliss-reactive ketones (excluding diaryl/α,β-unsaturated/α-hetero) is 1. The summed E-state index contributed by atoms with van der Waals surface area (Å²) in [4.78, 5) is 12.1. The molecule has 0 aromatic heterocycles. The van der Waals surface area contributed by atoms with Crippen molar-refractivity contribution in [3.8, 4) is 12.3 Å². The van der Waals surface area contributed by atoms with Gasteiger partial charge in [0, 0.05) is 12.0 Å². The smallest absolute Gasteiger partial charge is 0.195 e. The lowest BCUT2D eigenvalue weighted by Gasteiger charge is -2.10. The van der Waals surface area contributed by atoms with Crippen LogP contribution in [-0.2, 0) is 6.42 Å². The van der Waals surface area contributed by atoms with Crippen LogP contribution >= 0.6 is 0 Å². The van der Waals surface area contributed by atoms with E-state index >= 15 is 0 Å². The monoisotopic (exact) mass is 250 g/mol. The second-order valence-electron chi connectivity index (χ2n) is 4.26. The predicted octanol–water partition coefficient (Wildman–Crippen LogP) is 2.78. The number of carbonyl (C=O) groups is 1. The van der Waals surface area contributed by atoms with E-state index in [9.17, 15) is 9.90 Å². The summed E-state index contributed by atoms with van der Waals surface area (Å²) in [6.45, 7) is 0. The minimum Gasteiger partial charge on any atom is -0.380 e. The highest BCUT2D eigenvalue weighted by atomic mass is 16.3. The third-order valence-corrected chi connectivity index (χ3v) is 2.91. The Kier molecular flexibility index (Phi) is 4.12. The Morgan fingerprint density at radius 2 is 1.74 bits per heavy atom. The lowest BCUT2D eigenvalue weighted by molar-refractivity contribution is 0.0747. The van der Waals surface area contributed by atoms with Crippen LogP contribution in [-0.4, -0.2) is 10.9 Å². The molecule has 2 rings (SSSR count). The van der Waals surface area contributed by atoms with Gasteiger partial charge in [-0.05, 0) is 11.1 Å². The van der Waals surface area contributed by atoms with Crippen LogP contribution in [0.15, 0.2) is 54.6 Å². The van der Waals surface area contributed by atoms with Crippen LogP contribution < -0.4 is 0 Å². The van der Waals surface area contributed by atoms with E-state index in [2.05, 4.69) is 5.92 Å². The second kappa shape index (κ2) is 5.99. The van der Waals surface area contributed by atoms with Crippen molar-refractivity contribution in [1.29, 1.82) is 0 Å². The first-order chi connectivity index (χ1) is 9.22. The van der Waals surface area contributed by atoms with Crippen LogP contribution in [0.2, 0.25) is 0 Å². The molecule has 0 aliphatic heterocycles. The highest BCUT2D eigenvalue weighted by Gasteiger charge is 2.18. The first kappa shape index (κ1) is 13.1. The van der Waals surface area contributed by atoms with Crippen LogP contribution in [0.5, 0.6) is 0 Å². The van der Waals surface area contributed by atoms with Gasteiger partial charge in [-0.15, -0.1) is 12.3 Å². The standard InChI is InChI=1S/C17H14O2/c1-2-6-13-9-11-15(12-10-13)17(19)16(18)14-7-4-3-5-8-14/h1,3-5,7-12,17,19H,6H2. The number of rotatable bonds is 4. The van der Waals surface area contributed by atoms with E-state index in [0.29, 0.717) is 17.5 Å². The Bertz CT molecular complexity index is 591. The first-order valence-electron chi connectivity index (χ1n) is 6.02. The summed E-state index contributed by atoms with van der Waals surface area (Å²) >= 11 is 0. The molecule has 2 heteroatoms. The Labute approximate surface area is 112 Å². The average Bonchev–Trinajstić information content (AvgIpc) is 2.48. The molecule has 2 aromatic carbocycles. The summed E-state index contributed by atoms with van der Waals surface area (Å²) < 4.78 is 0. The molecule has 0 heterocycles. The molecule has 0 fully saturated rings. The third-order valence-electron chi connectivity index (χ3n) is 2.91. The molecule has 0 aliphatic carbocycles. The summed E-state index contributed by atoms with van der Waals surface area (Å²) in [6.07, 6.45) is 4.64. The minimum atomic E-state index is -1.14. The molecular formula is C17H14O2. The first-order valence-corrected chi connectivity index (χ1v) is 6.02. The van der Waals surface area contributed by atoms with Crippen molar-refractivity contribution in [2.75, 3.05) is 0 Å². The zero-order valence-electron chi connectivity index (χ0n) is 10.4. The van der Waals surface area contributed by atoms with Crippen molar-refractivity contribution in [3.05, 3.63) is 71.3 Å². The number of hydrogen-bond acceptors (Lipinski definition) is 2. The Morgan fingerprint density at radius 3 is 2.32 bits per heavy atom. The van der Waals surface area contributed by atoms with Gasteiger partial charge >= 0.3 is 0 Å². The van der Waals surface area contributed by atoms with Crippen molar-refractivity contribution in [3.63, 3.8) is 0 Å². The van der Waals surface area contributed by atoms with Gasteiger partial charge in [-0.1, -0.05) is 54.6 Å². The van der Waals surface area contributed by atoms with Crippen LogP contribution in [0, 0.1) is 12.3 Å². The number of ketones is 1. The normalized spacial score (nSPS) is 11.6. The summed E-state index contributed by atoms with van der Waals surface area (Å²) in [5.74, 6) is 2.25. The number of terminal acetylenes is 1. The minimum absolute atomic E-state index is 0.301. The van der Waals surface area contributed by atoms with Gasteiger partial charge in [0.2, 0.25) is 0 Å². The summed E-state index contributed by atoms with van der Waals surface area (Å²) in [7, 11) is 0. The van der Waals surface area contributed by atoms with E-state index in [1.807, 2.05) is 18.2 Å². The lowest BCUT2D eigenvalue weighted by atomic mass is 9.99. The number of carbonyl (C=O) groups excluding carboxylic acids is 1. The molecule has 0 aliphatic rings. The van der Waals surface area contributed by atoms with E-state index in [0.717, 1.165) is 5.56 Å². The van der Waals surface area contributed by atoms with Crippen LogP contribution in [0.3, 0.4) is 0 Å². The molecule has 0 radical (unpaired) electrons. The van der Waals surface area contributed by atoms with Crippen LogP contribution in [0.4, 0.5) is 0 Å². The molecule has 19 heavy (non-hydrogen) atoms. The number of benzene rings is 2. The van der Waals surface area contributed by atoms with Crippen LogP contribution in [0.25, 0.3) is 0 Å². The van der Waals surface area contributed by atoms with E-state index in [1.165, 1.54) is 0 Å². The fraction of sp³-hybridized carbons (Fsp3) is 0.118. The third kappa shape index (κ3) is 3.09. The highest BCUT2D eigenvalue weighted by molar-refractivity contribution is 5.99. The second-order valence-corrected chi connectivity index (χ2v) is 4.26. The van der Waals surface area contributed by atoms with E-state index in [-0.39, 0.29) is 5.78 Å². The molecule has 0 amide bonds. The van der Waals surface area contributed by atoms with Gasteiger partial charge in [-0.2, -0.15) is 0 Å². The Morgan fingerprint density at radius 1 is 1.11 bits per heavy atom. The number of aliphatic hydroxyl groups excluding tert-OH is 1. The van der Waals surface area contributed by atoms with Crippen molar-refractivity contribution >= 4 is 5.78 Å². The topological polar surface area (TPSA) is 37.3 Å². The molecule has 1 N–H and O–H groups in total. The summed E-state index contributed by atoms with van der Waals surface area (Å²) in [5, 5.41) is 10.1. The van der Waals surface area contributed by atoms with Crippen molar-refractivity contribution < 1.29 is 9.90 Å². The number of hydrogen-bond donors (Lipinski definition) is 1. The lowest BCUT2D eigenvalue weighted by Crippen LogP contribution is -2.12. The van der Waals surface area contributed by atoms with Crippen LogP contribution in [0.1, 0.15) is 27.6 Å². The summed E-state index contributed by atoms with van der Waals surface area (Å²) in [5.41, 5.74) is 2.07. The predicted molar refractivity (Wildman–Crippen MR) is 74.7 cm³/mol. The van der Waals surface area contributed by atoms with Gasteiger partial charge in [0.05, 0.1) is 0 Å². The van der Waals surface area contributed by atoms with Gasteiger partial charge in [0.15, 0.2) is 5.78 Å². The largest absolute Gasteiger partial charge is 0.380 e. The van der Waals surface area contributed by atoms with Gasteiger partial charge in [0.25, 0.3) is 0 Å². The molecule has 94 valence electrons. The zero-order chi connectivity index (χ0) is 13.7. The van der Waals surface area contributed by atoms with Crippen molar-refractivity contribution in [2.24, 2.45) is 0 Å². The van der Waals surface area contributed by atoms with Gasteiger partial charge in [-0.25, -0.2) is 0 Å². The molecule has 0 saturated heterocycles. The number of aliphatic hydroxyl groups is 1. The van der Waals surface area contributed by atoms with E-state index < -0.39 is 6.10 Å². The highest BCUT2D eigenvalue weighted by Crippen LogP contribution is 2.19. The fourth-order valence-electron chi connectivity index (χ4n) is 1.85. The molecule has 0 spiro atoms. The van der Waals surface area contributed by atoms with E-state index in [1.54, 1.807) is 36.4 Å². The average molecular weight is 250 g/mol.